The van der Waals surface area contributed by atoms with Gasteiger partial charge in [-0.1, -0.05) is 62.9 Å². The highest BCUT2D eigenvalue weighted by molar-refractivity contribution is 6.38. The Morgan fingerprint density at radius 1 is 0.917 bits per heavy atom. The van der Waals surface area contributed by atoms with Crippen LogP contribution in [0.4, 0.5) is 13.6 Å². The third-order valence-corrected chi connectivity index (χ3v) is 11.2. The normalized spacial score (nSPS) is 18.8. The molecule has 1 aromatic rings. The molecule has 0 radical (unpaired) electrons. The Balaban J connectivity index is 1.85. The van der Waals surface area contributed by atoms with Gasteiger partial charge in [-0.15, -0.1) is 0 Å². The van der Waals surface area contributed by atoms with Crippen LogP contribution in [0.15, 0.2) is 30.3 Å². The van der Waals surface area contributed by atoms with Crippen molar-refractivity contribution in [3.05, 3.63) is 35.9 Å². The van der Waals surface area contributed by atoms with E-state index in [-0.39, 0.29) is 25.3 Å². The molecule has 15 nitrogen and oxygen atoms in total. The highest BCUT2D eigenvalue weighted by Crippen LogP contribution is 2.35. The van der Waals surface area contributed by atoms with Crippen molar-refractivity contribution < 1.29 is 52.2 Å². The molecule has 1 saturated heterocycles. The minimum atomic E-state index is -2.89. The third-order valence-electron chi connectivity index (χ3n) is 11.2. The smallest absolute Gasteiger partial charge is 0.408 e. The van der Waals surface area contributed by atoms with Crippen LogP contribution in [0.3, 0.4) is 0 Å². The molecule has 0 spiro atoms. The van der Waals surface area contributed by atoms with Gasteiger partial charge in [0.2, 0.25) is 35.8 Å². The van der Waals surface area contributed by atoms with Crippen molar-refractivity contribution in [2.45, 2.75) is 154 Å². The zero-order valence-corrected chi connectivity index (χ0v) is 36.2. The molecule has 4 unspecified atom stereocenters. The van der Waals surface area contributed by atoms with E-state index in [0.29, 0.717) is 31.4 Å². The molecule has 6 amide bonds. The molecule has 2 aliphatic rings. The van der Waals surface area contributed by atoms with Crippen LogP contribution in [0.2, 0.25) is 0 Å². The van der Waals surface area contributed by atoms with E-state index in [9.17, 15) is 47.4 Å². The topological polar surface area (TPSA) is 204 Å². The summed E-state index contributed by atoms with van der Waals surface area (Å²) in [5.41, 5.74) is -1.62. The number of Topliss-reactive ketones (excluding diaryl/α,β-unsaturated/α-hetero) is 1. The van der Waals surface area contributed by atoms with E-state index < -0.39 is 109 Å². The number of carbonyl (C=O) groups is 7. The number of likely N-dealkylation sites (tertiary alicyclic amines) is 1. The van der Waals surface area contributed by atoms with Crippen LogP contribution in [0.5, 0.6) is 0 Å². The standard InChI is InChI=1S/C43H66F2N6O9/c1-8-23-43(5,6)60-41(58)49-34(28-18-14-11-15-19-28)40(57)51-24-22-29(25-42(3,4)59)35(51)37(54)47-30(20-21-31(44)45)36(53)38(55)46-26-32(52)48-33(39(56)50(7)9-2)27-16-12-10-13-17-27/h10,12-13,16-17,28-31,33-35,59H,8-9,11,14-15,18-26H2,1-7H3,(H,46,55)(H,47,54)(H,48,52)(H,49,58)/t29-,30?,33?,34?,35?/m1/s1. The number of benzene rings is 1. The fourth-order valence-electron chi connectivity index (χ4n) is 8.15. The lowest BCUT2D eigenvalue weighted by atomic mass is 9.83. The summed E-state index contributed by atoms with van der Waals surface area (Å²) in [6, 6.07) is 3.18. The number of rotatable bonds is 21. The van der Waals surface area contributed by atoms with Crippen LogP contribution in [-0.2, 0) is 33.5 Å². The zero-order chi connectivity index (χ0) is 44.8. The fourth-order valence-corrected chi connectivity index (χ4v) is 8.15. The lowest BCUT2D eigenvalue weighted by molar-refractivity contribution is -0.145. The summed E-state index contributed by atoms with van der Waals surface area (Å²) in [6.07, 6.45) is 0.393. The summed E-state index contributed by atoms with van der Waals surface area (Å²) in [6.45, 7) is 10.0. The highest BCUT2D eigenvalue weighted by Gasteiger charge is 2.47. The first-order chi connectivity index (χ1) is 28.2. The summed E-state index contributed by atoms with van der Waals surface area (Å²) in [4.78, 5) is 97.8. The van der Waals surface area contributed by atoms with Gasteiger partial charge in [-0.25, -0.2) is 13.6 Å². The van der Waals surface area contributed by atoms with Crippen LogP contribution in [-0.4, -0.2) is 119 Å². The van der Waals surface area contributed by atoms with E-state index in [0.717, 1.165) is 25.7 Å². The van der Waals surface area contributed by atoms with Crippen molar-refractivity contribution in [3.63, 3.8) is 0 Å². The van der Waals surface area contributed by atoms with Crippen molar-refractivity contribution in [1.29, 1.82) is 0 Å². The lowest BCUT2D eigenvalue weighted by Gasteiger charge is -2.36. The summed E-state index contributed by atoms with van der Waals surface area (Å²) >= 11 is 0. The van der Waals surface area contributed by atoms with Gasteiger partial charge in [0.15, 0.2) is 0 Å². The summed E-state index contributed by atoms with van der Waals surface area (Å²) in [7, 11) is 1.56. The first-order valence-electron chi connectivity index (χ1n) is 21.2. The van der Waals surface area contributed by atoms with Gasteiger partial charge in [-0.3, -0.25) is 28.8 Å². The number of alkyl halides is 2. The number of likely N-dealkylation sites (N-methyl/N-ethyl adjacent to an activating group) is 1. The monoisotopic (exact) mass is 848 g/mol. The SMILES string of the molecule is CCCC(C)(C)OC(=O)NC(C(=O)N1CC[C@H](CC(C)(C)O)C1C(=O)NC(CCC(F)F)C(=O)C(=O)NCC(=O)NC(C(=O)N(C)CC)c1ccccc1)C1CCCCC1. The Morgan fingerprint density at radius 2 is 1.57 bits per heavy atom. The summed E-state index contributed by atoms with van der Waals surface area (Å²) in [5, 5.41) is 20.8. The number of nitrogens with zero attached hydrogens (tertiary/aromatic N) is 2. The van der Waals surface area contributed by atoms with Crippen molar-refractivity contribution in [2.75, 3.05) is 26.7 Å². The first-order valence-corrected chi connectivity index (χ1v) is 21.2. The van der Waals surface area contributed by atoms with Crippen molar-refractivity contribution in [1.82, 2.24) is 31.1 Å². The molecule has 336 valence electrons. The summed E-state index contributed by atoms with van der Waals surface area (Å²) in [5.74, 6) is -6.23. The average molecular weight is 849 g/mol. The number of carbonyl (C=O) groups excluding carboxylic acids is 7. The molecule has 5 atom stereocenters. The molecule has 1 aliphatic carbocycles. The maximum absolute atomic E-state index is 14.6. The van der Waals surface area contributed by atoms with Gasteiger partial charge in [0.1, 0.15) is 23.7 Å². The van der Waals surface area contributed by atoms with Crippen LogP contribution in [0.1, 0.15) is 124 Å². The maximum atomic E-state index is 14.6. The number of ether oxygens (including phenoxy) is 1. The van der Waals surface area contributed by atoms with Crippen LogP contribution < -0.4 is 21.3 Å². The Kier molecular flexibility index (Phi) is 18.9. The highest BCUT2D eigenvalue weighted by atomic mass is 19.3. The van der Waals surface area contributed by atoms with Crippen molar-refractivity contribution in [3.8, 4) is 0 Å². The molecular weight excluding hydrogens is 783 g/mol. The van der Waals surface area contributed by atoms with Gasteiger partial charge < -0.3 is 40.9 Å². The predicted molar refractivity (Wildman–Crippen MR) is 219 cm³/mol. The number of halogens is 2. The Hall–Kier alpha value is -4.67. The maximum Gasteiger partial charge on any atom is 0.408 e. The van der Waals surface area contributed by atoms with E-state index in [1.807, 2.05) is 6.92 Å². The van der Waals surface area contributed by atoms with Gasteiger partial charge in [0.05, 0.1) is 18.2 Å². The Morgan fingerprint density at radius 3 is 2.15 bits per heavy atom. The van der Waals surface area contributed by atoms with E-state index in [1.165, 1.54) is 9.80 Å². The number of hydrogen-bond donors (Lipinski definition) is 5. The molecule has 1 aliphatic heterocycles. The minimum absolute atomic E-state index is 0.0510. The minimum Gasteiger partial charge on any atom is -0.444 e. The van der Waals surface area contributed by atoms with Gasteiger partial charge in [0, 0.05) is 26.6 Å². The van der Waals surface area contributed by atoms with Gasteiger partial charge in [-0.05, 0) is 90.5 Å². The van der Waals surface area contributed by atoms with Gasteiger partial charge in [0.25, 0.3) is 5.91 Å². The Bertz CT molecular complexity index is 1630. The van der Waals surface area contributed by atoms with E-state index in [4.69, 9.17) is 4.74 Å². The molecule has 2 fully saturated rings. The number of alkyl carbamates (subject to hydrolysis) is 1. The number of nitrogens with one attached hydrogen (secondary N) is 4. The number of aliphatic hydroxyl groups is 1. The van der Waals surface area contributed by atoms with Crippen LogP contribution in [0.25, 0.3) is 0 Å². The van der Waals surface area contributed by atoms with Gasteiger partial charge in [-0.2, -0.15) is 0 Å². The second-order valence-corrected chi connectivity index (χ2v) is 17.3. The molecule has 1 heterocycles. The molecule has 5 N–H and O–H groups in total. The molecule has 1 aromatic carbocycles. The zero-order valence-electron chi connectivity index (χ0n) is 36.2. The van der Waals surface area contributed by atoms with E-state index in [1.54, 1.807) is 72.0 Å². The molecule has 3 rings (SSSR count). The molecule has 17 heteroatoms. The largest absolute Gasteiger partial charge is 0.444 e. The number of amides is 6. The second-order valence-electron chi connectivity index (χ2n) is 17.3. The van der Waals surface area contributed by atoms with Crippen molar-refractivity contribution in [2.24, 2.45) is 11.8 Å². The Labute approximate surface area is 352 Å². The number of hydrogen-bond acceptors (Lipinski definition) is 9. The average Bonchev–Trinajstić information content (AvgIpc) is 3.60. The quantitative estimate of drug-likeness (QED) is 0.113. The van der Waals surface area contributed by atoms with E-state index in [2.05, 4.69) is 21.3 Å². The second kappa shape index (κ2) is 22.8. The van der Waals surface area contributed by atoms with Crippen molar-refractivity contribution >= 4 is 41.4 Å². The lowest BCUT2D eigenvalue weighted by Crippen LogP contribution is -2.59. The van der Waals surface area contributed by atoms with Crippen LogP contribution >= 0.6 is 0 Å². The third kappa shape index (κ3) is 15.1. The molecular formula is C43H66F2N6O9. The van der Waals surface area contributed by atoms with E-state index >= 15 is 0 Å². The molecule has 0 bridgehead atoms. The predicted octanol–water partition coefficient (Wildman–Crippen LogP) is 4.17. The first kappa shape index (κ1) is 49.7. The molecule has 0 aromatic heterocycles. The number of ketones is 1. The van der Waals surface area contributed by atoms with Crippen LogP contribution in [0, 0.1) is 11.8 Å². The van der Waals surface area contributed by atoms with Gasteiger partial charge >= 0.3 is 6.09 Å². The molecule has 60 heavy (non-hydrogen) atoms. The fraction of sp³-hybridized carbons (Fsp3) is 0.698. The summed E-state index contributed by atoms with van der Waals surface area (Å²) < 4.78 is 32.8. The molecule has 1 saturated carbocycles.